The Balaban J connectivity index is 2.23. The van der Waals surface area contributed by atoms with Crippen LogP contribution in [0.3, 0.4) is 0 Å². The molecule has 2 N–H and O–H groups in total. The van der Waals surface area contributed by atoms with Gasteiger partial charge in [-0.15, -0.1) is 0 Å². The molecule has 1 aromatic carbocycles. The van der Waals surface area contributed by atoms with E-state index in [9.17, 15) is 0 Å². The van der Waals surface area contributed by atoms with Crippen LogP contribution in [0.5, 0.6) is 0 Å². The summed E-state index contributed by atoms with van der Waals surface area (Å²) >= 11 is 11.8. The third kappa shape index (κ3) is 2.74. The topological polar surface area (TPSA) is 26.0 Å². The molecular formula is C14H15Cl2N. The fourth-order valence-corrected chi connectivity index (χ4v) is 2.27. The van der Waals surface area contributed by atoms with E-state index in [1.807, 2.05) is 36.4 Å². The van der Waals surface area contributed by atoms with Crippen LogP contribution in [0.4, 0.5) is 0 Å². The Labute approximate surface area is 112 Å². The number of allylic oxidation sites excluding steroid dienone is 3. The molecule has 2 rings (SSSR count). The molecule has 1 aliphatic rings. The zero-order chi connectivity index (χ0) is 12.5. The van der Waals surface area contributed by atoms with Crippen molar-refractivity contribution in [2.75, 3.05) is 0 Å². The monoisotopic (exact) mass is 267 g/mol. The van der Waals surface area contributed by atoms with Crippen LogP contribution in [0.1, 0.15) is 24.9 Å². The van der Waals surface area contributed by atoms with Gasteiger partial charge in [0.05, 0.1) is 0 Å². The molecule has 0 amide bonds. The van der Waals surface area contributed by atoms with Gasteiger partial charge in [-0.05, 0) is 30.2 Å². The average molecular weight is 268 g/mol. The van der Waals surface area contributed by atoms with Gasteiger partial charge in [0, 0.05) is 21.5 Å². The Morgan fingerprint density at radius 1 is 1.24 bits per heavy atom. The molecule has 1 aliphatic carbocycles. The Morgan fingerprint density at radius 3 is 2.41 bits per heavy atom. The fraction of sp³-hybridized carbons (Fsp3) is 0.286. The van der Waals surface area contributed by atoms with E-state index in [1.54, 1.807) is 0 Å². The maximum absolute atomic E-state index is 6.33. The predicted octanol–water partition coefficient (Wildman–Crippen LogP) is 4.43. The van der Waals surface area contributed by atoms with Gasteiger partial charge in [0.15, 0.2) is 0 Å². The van der Waals surface area contributed by atoms with Gasteiger partial charge in [-0.2, -0.15) is 0 Å². The number of hydrogen-bond acceptors (Lipinski definition) is 1. The lowest BCUT2D eigenvalue weighted by Gasteiger charge is -2.34. The predicted molar refractivity (Wildman–Crippen MR) is 74.2 cm³/mol. The lowest BCUT2D eigenvalue weighted by molar-refractivity contribution is 0.342. The Kier molecular flexibility index (Phi) is 3.62. The standard InChI is InChI=1S/C14H15Cl2N/c1-14(8-6-12(16)7-9-14)13(17)10-2-4-11(15)5-3-10/h2-8,13H,9,17H2,1H3. The Morgan fingerprint density at radius 2 is 1.88 bits per heavy atom. The van der Waals surface area contributed by atoms with Gasteiger partial charge < -0.3 is 5.73 Å². The molecular weight excluding hydrogens is 253 g/mol. The van der Waals surface area contributed by atoms with Crippen LogP contribution in [-0.4, -0.2) is 0 Å². The highest BCUT2D eigenvalue weighted by Gasteiger charge is 2.30. The number of halogens is 2. The molecule has 90 valence electrons. The van der Waals surface area contributed by atoms with E-state index in [0.29, 0.717) is 0 Å². The van der Waals surface area contributed by atoms with Crippen LogP contribution in [0.25, 0.3) is 0 Å². The maximum atomic E-state index is 6.33. The van der Waals surface area contributed by atoms with Crippen molar-refractivity contribution in [1.82, 2.24) is 0 Å². The van der Waals surface area contributed by atoms with Crippen molar-refractivity contribution in [1.29, 1.82) is 0 Å². The van der Waals surface area contributed by atoms with E-state index < -0.39 is 0 Å². The number of nitrogens with two attached hydrogens (primary N) is 1. The van der Waals surface area contributed by atoms with Gasteiger partial charge in [0.1, 0.15) is 0 Å². The van der Waals surface area contributed by atoms with Crippen molar-refractivity contribution in [2.24, 2.45) is 11.1 Å². The molecule has 17 heavy (non-hydrogen) atoms. The molecule has 3 heteroatoms. The molecule has 0 heterocycles. The van der Waals surface area contributed by atoms with Crippen molar-refractivity contribution < 1.29 is 0 Å². The summed E-state index contributed by atoms with van der Waals surface area (Å²) in [6, 6.07) is 7.64. The van der Waals surface area contributed by atoms with Crippen molar-refractivity contribution in [3.8, 4) is 0 Å². The number of rotatable bonds is 2. The van der Waals surface area contributed by atoms with Gasteiger partial charge >= 0.3 is 0 Å². The summed E-state index contributed by atoms with van der Waals surface area (Å²) in [5.74, 6) is 0. The largest absolute Gasteiger partial charge is 0.323 e. The first-order valence-corrected chi connectivity index (χ1v) is 6.33. The summed E-state index contributed by atoms with van der Waals surface area (Å²) in [5.41, 5.74) is 7.33. The second kappa shape index (κ2) is 4.85. The minimum Gasteiger partial charge on any atom is -0.323 e. The molecule has 0 saturated carbocycles. The van der Waals surface area contributed by atoms with E-state index in [2.05, 4.69) is 13.0 Å². The van der Waals surface area contributed by atoms with E-state index in [-0.39, 0.29) is 11.5 Å². The third-order valence-electron chi connectivity index (χ3n) is 3.30. The maximum Gasteiger partial charge on any atom is 0.0406 e. The third-order valence-corrected chi connectivity index (χ3v) is 3.83. The SMILES string of the molecule is CC1(C(N)c2ccc(Cl)cc2)C=CC(Cl)=CC1. The van der Waals surface area contributed by atoms with E-state index in [4.69, 9.17) is 28.9 Å². The molecule has 1 nitrogen and oxygen atoms in total. The van der Waals surface area contributed by atoms with Gasteiger partial charge in [-0.25, -0.2) is 0 Å². The van der Waals surface area contributed by atoms with E-state index in [1.165, 1.54) is 0 Å². The van der Waals surface area contributed by atoms with Crippen LogP contribution in [0, 0.1) is 5.41 Å². The molecule has 2 unspecified atom stereocenters. The summed E-state index contributed by atoms with van der Waals surface area (Å²) in [6.07, 6.45) is 6.87. The van der Waals surface area contributed by atoms with Crippen LogP contribution >= 0.6 is 23.2 Å². The van der Waals surface area contributed by atoms with Gasteiger partial charge in [0.2, 0.25) is 0 Å². The summed E-state index contributed by atoms with van der Waals surface area (Å²) in [7, 11) is 0. The first kappa shape index (κ1) is 12.7. The zero-order valence-electron chi connectivity index (χ0n) is 9.66. The van der Waals surface area contributed by atoms with Crippen molar-refractivity contribution in [3.05, 3.63) is 58.1 Å². The Bertz CT molecular complexity index is 462. The quantitative estimate of drug-likeness (QED) is 0.843. The summed E-state index contributed by atoms with van der Waals surface area (Å²) in [5, 5.41) is 1.51. The average Bonchev–Trinajstić information content (AvgIpc) is 2.33. The second-order valence-electron chi connectivity index (χ2n) is 4.66. The molecule has 0 aromatic heterocycles. The van der Waals surface area contributed by atoms with E-state index in [0.717, 1.165) is 22.0 Å². The second-order valence-corrected chi connectivity index (χ2v) is 5.53. The van der Waals surface area contributed by atoms with Crippen molar-refractivity contribution >= 4 is 23.2 Å². The summed E-state index contributed by atoms with van der Waals surface area (Å²) in [6.45, 7) is 2.14. The molecule has 0 spiro atoms. The van der Waals surface area contributed by atoms with Gasteiger partial charge in [-0.3, -0.25) is 0 Å². The molecule has 0 bridgehead atoms. The number of benzene rings is 1. The summed E-state index contributed by atoms with van der Waals surface area (Å²) in [4.78, 5) is 0. The lowest BCUT2D eigenvalue weighted by atomic mass is 9.74. The zero-order valence-corrected chi connectivity index (χ0v) is 11.2. The van der Waals surface area contributed by atoms with Crippen LogP contribution in [-0.2, 0) is 0 Å². The van der Waals surface area contributed by atoms with Crippen molar-refractivity contribution in [3.63, 3.8) is 0 Å². The minimum absolute atomic E-state index is 0.0583. The smallest absolute Gasteiger partial charge is 0.0406 e. The van der Waals surface area contributed by atoms with E-state index >= 15 is 0 Å². The molecule has 0 saturated heterocycles. The highest BCUT2D eigenvalue weighted by molar-refractivity contribution is 6.31. The molecule has 0 radical (unpaired) electrons. The normalized spacial score (nSPS) is 25.5. The minimum atomic E-state index is -0.0911. The Hall–Kier alpha value is -0.760. The van der Waals surface area contributed by atoms with Crippen LogP contribution < -0.4 is 5.73 Å². The van der Waals surface area contributed by atoms with Gasteiger partial charge in [-0.1, -0.05) is 54.4 Å². The fourth-order valence-electron chi connectivity index (χ4n) is 2.00. The molecule has 0 fully saturated rings. The molecule has 2 atom stereocenters. The molecule has 0 aliphatic heterocycles. The first-order valence-electron chi connectivity index (χ1n) is 5.57. The van der Waals surface area contributed by atoms with Gasteiger partial charge in [0.25, 0.3) is 0 Å². The highest BCUT2D eigenvalue weighted by atomic mass is 35.5. The van der Waals surface area contributed by atoms with Crippen LogP contribution in [0.2, 0.25) is 5.02 Å². The number of hydrogen-bond donors (Lipinski definition) is 1. The first-order chi connectivity index (χ1) is 8.01. The molecule has 1 aromatic rings. The van der Waals surface area contributed by atoms with Crippen molar-refractivity contribution in [2.45, 2.75) is 19.4 Å². The lowest BCUT2D eigenvalue weighted by Crippen LogP contribution is -2.30. The van der Waals surface area contributed by atoms with Crippen LogP contribution in [0.15, 0.2) is 47.5 Å². The highest BCUT2D eigenvalue weighted by Crippen LogP contribution is 2.40. The summed E-state index contributed by atoms with van der Waals surface area (Å²) < 4.78 is 0.